The molecule has 0 atom stereocenters. The van der Waals surface area contributed by atoms with Crippen LogP contribution in [0.5, 0.6) is 0 Å². The summed E-state index contributed by atoms with van der Waals surface area (Å²) in [5.41, 5.74) is -0.914. The van der Waals surface area contributed by atoms with E-state index in [0.717, 1.165) is 16.8 Å². The van der Waals surface area contributed by atoms with Gasteiger partial charge in [0.1, 0.15) is 0 Å². The fourth-order valence-corrected chi connectivity index (χ4v) is 1.17. The van der Waals surface area contributed by atoms with Gasteiger partial charge in [-0.3, -0.25) is 9.36 Å². The van der Waals surface area contributed by atoms with Crippen molar-refractivity contribution < 1.29 is 11.0 Å². The number of pyridine rings is 1. The highest BCUT2D eigenvalue weighted by Crippen LogP contribution is 2.07. The third kappa shape index (κ3) is 1.84. The summed E-state index contributed by atoms with van der Waals surface area (Å²) in [6, 6.07) is -1.84. The van der Waals surface area contributed by atoms with E-state index in [2.05, 4.69) is 0 Å². The Balaban J connectivity index is 2.92. The van der Waals surface area contributed by atoms with Gasteiger partial charge in [-0.1, -0.05) is 18.1 Å². The normalized spacial score (nSPS) is 18.7. The van der Waals surface area contributed by atoms with Crippen LogP contribution < -0.4 is 5.56 Å². The Hall–Kier alpha value is -1.83. The Bertz CT molecular complexity index is 824. The Kier molecular flexibility index (Phi) is 0.987. The molecule has 2 heteroatoms. The molecule has 2 nitrogen and oxygen atoms in total. The molecule has 0 amide bonds. The highest BCUT2D eigenvalue weighted by atomic mass is 16.1. The molecule has 0 aliphatic carbocycles. The number of hydrogen-bond acceptors (Lipinski definition) is 1. The van der Waals surface area contributed by atoms with Crippen LogP contribution in [0.15, 0.2) is 47.3 Å². The lowest BCUT2D eigenvalue weighted by Gasteiger charge is -2.07. The van der Waals surface area contributed by atoms with Gasteiger partial charge >= 0.3 is 0 Å². The fourth-order valence-electron chi connectivity index (χ4n) is 1.17. The monoisotopic (exact) mass is 207 g/mol. The molecule has 0 saturated heterocycles. The summed E-state index contributed by atoms with van der Waals surface area (Å²) < 4.78 is 61.8. The van der Waals surface area contributed by atoms with Gasteiger partial charge in [0.15, 0.2) is 0 Å². The van der Waals surface area contributed by atoms with Gasteiger partial charge in [-0.25, -0.2) is 0 Å². The second-order valence-electron chi connectivity index (χ2n) is 3.05. The maximum Gasteiger partial charge on any atom is 0.255 e. The molecule has 1 heterocycles. The van der Waals surface area contributed by atoms with Crippen molar-refractivity contribution in [2.75, 3.05) is 0 Å². The zero-order valence-corrected chi connectivity index (χ0v) is 8.01. The maximum absolute atomic E-state index is 12.2. The zero-order chi connectivity index (χ0) is 17.7. The predicted molar refractivity (Wildman–Crippen MR) is 61.5 cm³/mol. The summed E-state index contributed by atoms with van der Waals surface area (Å²) in [4.78, 5) is 12.2. The van der Waals surface area contributed by atoms with E-state index in [-0.39, 0.29) is 16.8 Å². The number of aryl methyl sites for hydroxylation is 2. The van der Waals surface area contributed by atoms with Crippen LogP contribution >= 0.6 is 0 Å². The quantitative estimate of drug-likeness (QED) is 0.704. The molecule has 1 aromatic carbocycles. The summed E-state index contributed by atoms with van der Waals surface area (Å²) in [7, 11) is 0. The summed E-state index contributed by atoms with van der Waals surface area (Å²) in [6.45, 7) is -1.03. The van der Waals surface area contributed by atoms with Crippen LogP contribution in [0.2, 0.25) is 0 Å². The summed E-state index contributed by atoms with van der Waals surface area (Å²) in [5.74, 6) is 0. The molecule has 0 bridgehead atoms. The molecule has 0 saturated carbocycles. The topological polar surface area (TPSA) is 22.0 Å². The molecular weight excluding hydrogens is 186 g/mol. The van der Waals surface area contributed by atoms with Gasteiger partial charge in [0.25, 0.3) is 5.56 Å². The highest BCUT2D eigenvalue weighted by molar-refractivity contribution is 5.34. The van der Waals surface area contributed by atoms with Gasteiger partial charge in [-0.2, -0.15) is 0 Å². The molecule has 76 valence electrons. The van der Waals surface area contributed by atoms with Crippen LogP contribution in [0.25, 0.3) is 5.69 Å². The lowest BCUT2D eigenvalue weighted by Crippen LogP contribution is -2.17. The number of rotatable bonds is 1. The molecule has 0 N–H and O–H groups in total. The second kappa shape index (κ2) is 3.73. The summed E-state index contributed by atoms with van der Waals surface area (Å²) in [6.07, 6.45) is 1.01. The molecule has 0 aliphatic rings. The first kappa shape index (κ1) is 3.97. The van der Waals surface area contributed by atoms with Gasteiger partial charge < -0.3 is 0 Å². The molecule has 0 unspecified atom stereocenters. The molecule has 1 aromatic heterocycles. The summed E-state index contributed by atoms with van der Waals surface area (Å²) >= 11 is 0. The van der Waals surface area contributed by atoms with Crippen LogP contribution in [-0.2, 0) is 0 Å². The molecule has 2 aromatic rings. The smallest absolute Gasteiger partial charge is 0.255 e. The number of nitrogens with zero attached hydrogens (tertiary/aromatic N) is 1. The SMILES string of the molecule is [2H]c1c([2H])c([2H])c(-n2cc(C([2H])([2H])[2H])c(C)cc2=O)c([2H])c1[2H]. The predicted octanol–water partition coefficient (Wildman–Crippen LogP) is 2.45. The van der Waals surface area contributed by atoms with E-state index >= 15 is 0 Å². The van der Waals surface area contributed by atoms with Crippen molar-refractivity contribution in [2.45, 2.75) is 13.8 Å². The minimum atomic E-state index is -2.49. The van der Waals surface area contributed by atoms with E-state index in [1.165, 1.54) is 6.92 Å². The van der Waals surface area contributed by atoms with Crippen molar-refractivity contribution in [3.05, 3.63) is 64.0 Å². The second-order valence-corrected chi connectivity index (χ2v) is 3.05. The van der Waals surface area contributed by atoms with E-state index in [0.29, 0.717) is 0 Å². The minimum Gasteiger partial charge on any atom is -0.284 e. The third-order valence-electron chi connectivity index (χ3n) is 1.99. The average molecular weight is 207 g/mol. The van der Waals surface area contributed by atoms with E-state index in [1.807, 2.05) is 0 Å². The van der Waals surface area contributed by atoms with Crippen molar-refractivity contribution in [1.82, 2.24) is 4.57 Å². The number of para-hydroxylation sites is 1. The first-order chi connectivity index (χ1) is 10.5. The number of benzene rings is 1. The molecule has 2 rings (SSSR count). The van der Waals surface area contributed by atoms with Crippen LogP contribution in [0.1, 0.15) is 22.1 Å². The standard InChI is InChI=1S/C13H13NO/c1-10-8-13(15)14(9-11(10)2)12-6-4-3-5-7-12/h3-9H,1-2H3/i2D3,3D,4D,5D,6D,7D. The van der Waals surface area contributed by atoms with Gasteiger partial charge in [-0.15, -0.1) is 0 Å². The molecule has 0 radical (unpaired) electrons. The third-order valence-corrected chi connectivity index (χ3v) is 1.99. The Labute approximate surface area is 100 Å². The lowest BCUT2D eigenvalue weighted by atomic mass is 10.2. The van der Waals surface area contributed by atoms with Crippen molar-refractivity contribution in [1.29, 1.82) is 0 Å². The Morgan fingerprint density at radius 1 is 1.27 bits per heavy atom. The van der Waals surface area contributed by atoms with E-state index in [9.17, 15) is 4.79 Å². The highest BCUT2D eigenvalue weighted by Gasteiger charge is 2.01. The Morgan fingerprint density at radius 2 is 2.00 bits per heavy atom. The number of aromatic nitrogens is 1. The molecule has 0 fully saturated rings. The Morgan fingerprint density at radius 3 is 2.67 bits per heavy atom. The van der Waals surface area contributed by atoms with Gasteiger partial charge in [0, 0.05) is 22.1 Å². The van der Waals surface area contributed by atoms with Gasteiger partial charge in [-0.05, 0) is 37.0 Å². The van der Waals surface area contributed by atoms with Crippen molar-refractivity contribution in [3.8, 4) is 5.69 Å². The van der Waals surface area contributed by atoms with Crippen LogP contribution in [0.4, 0.5) is 0 Å². The molecule has 15 heavy (non-hydrogen) atoms. The van der Waals surface area contributed by atoms with Crippen LogP contribution in [-0.4, -0.2) is 4.57 Å². The lowest BCUT2D eigenvalue weighted by molar-refractivity contribution is 0.966. The van der Waals surface area contributed by atoms with Crippen LogP contribution in [0, 0.1) is 13.8 Å². The van der Waals surface area contributed by atoms with Crippen molar-refractivity contribution >= 4 is 0 Å². The molecule has 0 aliphatic heterocycles. The average Bonchev–Trinajstić information content (AvgIpc) is 2.44. The largest absolute Gasteiger partial charge is 0.284 e. The van der Waals surface area contributed by atoms with Crippen LogP contribution in [0.3, 0.4) is 0 Å². The van der Waals surface area contributed by atoms with Crippen molar-refractivity contribution in [2.24, 2.45) is 0 Å². The molecular formula is C13H13NO. The van der Waals surface area contributed by atoms with E-state index in [4.69, 9.17) is 11.0 Å². The van der Waals surface area contributed by atoms with Gasteiger partial charge in [0.05, 0.1) is 6.85 Å². The van der Waals surface area contributed by atoms with Gasteiger partial charge in [0.2, 0.25) is 0 Å². The first-order valence-corrected chi connectivity index (χ1v) is 4.28. The van der Waals surface area contributed by atoms with E-state index in [1.54, 1.807) is 0 Å². The minimum absolute atomic E-state index is 0.121. The maximum atomic E-state index is 12.2. The van der Waals surface area contributed by atoms with E-state index < -0.39 is 42.6 Å². The van der Waals surface area contributed by atoms with Crippen molar-refractivity contribution in [3.63, 3.8) is 0 Å². The fraction of sp³-hybridized carbons (Fsp3) is 0.154. The summed E-state index contributed by atoms with van der Waals surface area (Å²) in [5, 5.41) is 0. The number of hydrogen-bond donors (Lipinski definition) is 0. The molecule has 0 spiro atoms. The first-order valence-electron chi connectivity index (χ1n) is 8.28. The zero-order valence-electron chi connectivity index (χ0n) is 16.0.